The Hall–Kier alpha value is -3.20. The van der Waals surface area contributed by atoms with Gasteiger partial charge in [0.1, 0.15) is 11.1 Å². The molecule has 0 aliphatic rings. The van der Waals surface area contributed by atoms with Crippen molar-refractivity contribution in [2.75, 3.05) is 5.32 Å². The van der Waals surface area contributed by atoms with Gasteiger partial charge in [-0.2, -0.15) is 4.98 Å². The van der Waals surface area contributed by atoms with E-state index in [4.69, 9.17) is 27.6 Å². The smallest absolute Gasteiger partial charge is 0.349 e. The molecule has 0 radical (unpaired) electrons. The first-order valence-corrected chi connectivity index (χ1v) is 10.3. The van der Waals surface area contributed by atoms with E-state index < -0.39 is 11.5 Å². The Kier molecular flexibility index (Phi) is 4.54. The first-order valence-electron chi connectivity index (χ1n) is 8.63. The van der Waals surface area contributed by atoms with Crippen LogP contribution in [0.4, 0.5) is 5.95 Å². The fourth-order valence-electron chi connectivity index (χ4n) is 3.00. The zero-order chi connectivity index (χ0) is 20.8. The van der Waals surface area contributed by atoms with Crippen molar-refractivity contribution in [2.45, 2.75) is 0 Å². The maximum atomic E-state index is 12.6. The lowest BCUT2D eigenvalue weighted by atomic mass is 10.2. The lowest BCUT2D eigenvalue weighted by Crippen LogP contribution is -2.21. The molecule has 0 saturated carbocycles. The van der Waals surface area contributed by atoms with E-state index in [0.717, 1.165) is 0 Å². The van der Waals surface area contributed by atoms with Crippen LogP contribution in [0.5, 0.6) is 0 Å². The van der Waals surface area contributed by atoms with Crippen molar-refractivity contribution in [3.63, 3.8) is 0 Å². The molecule has 3 aromatic heterocycles. The Balaban J connectivity index is 1.50. The number of rotatable bonds is 3. The molecule has 1 N–H and O–H groups in total. The highest BCUT2D eigenvalue weighted by Crippen LogP contribution is 2.33. The Labute approximate surface area is 182 Å². The molecule has 0 fully saturated rings. The second-order valence-electron chi connectivity index (χ2n) is 6.31. The van der Waals surface area contributed by atoms with Crippen LogP contribution >= 0.6 is 34.5 Å². The summed E-state index contributed by atoms with van der Waals surface area (Å²) in [6.45, 7) is 0. The monoisotopic (exact) mass is 456 g/mol. The van der Waals surface area contributed by atoms with E-state index in [-0.39, 0.29) is 11.5 Å². The van der Waals surface area contributed by atoms with Crippen LogP contribution in [0.15, 0.2) is 63.1 Å². The summed E-state index contributed by atoms with van der Waals surface area (Å²) in [6.07, 6.45) is 0. The van der Waals surface area contributed by atoms with Gasteiger partial charge in [0, 0.05) is 21.4 Å². The molecule has 148 valence electrons. The number of amides is 1. The predicted octanol–water partition coefficient (Wildman–Crippen LogP) is 5.12. The molecule has 0 spiro atoms. The summed E-state index contributed by atoms with van der Waals surface area (Å²) < 4.78 is 6.77. The number of halogens is 2. The van der Waals surface area contributed by atoms with Crippen LogP contribution < -0.4 is 10.9 Å². The van der Waals surface area contributed by atoms with Crippen molar-refractivity contribution in [1.82, 2.24) is 14.6 Å². The zero-order valence-electron chi connectivity index (χ0n) is 14.9. The van der Waals surface area contributed by atoms with Gasteiger partial charge in [0.25, 0.3) is 11.9 Å². The molecule has 0 unspecified atom stereocenters. The van der Waals surface area contributed by atoms with E-state index in [2.05, 4.69) is 15.4 Å². The van der Waals surface area contributed by atoms with Crippen molar-refractivity contribution in [1.29, 1.82) is 0 Å². The first kappa shape index (κ1) is 18.8. The number of nitrogens with one attached hydrogen (secondary N) is 1. The van der Waals surface area contributed by atoms with Gasteiger partial charge in [-0.15, -0.1) is 16.4 Å². The molecular weight excluding hydrogens is 447 g/mol. The molecule has 3 heterocycles. The third-order valence-electron chi connectivity index (χ3n) is 4.40. The number of benzene rings is 2. The average Bonchev–Trinajstić information content (AvgIpc) is 3.29. The number of hydrogen-bond donors (Lipinski definition) is 1. The summed E-state index contributed by atoms with van der Waals surface area (Å²) in [4.78, 5) is 29.7. The van der Waals surface area contributed by atoms with Gasteiger partial charge in [0.15, 0.2) is 0 Å². The quantitative estimate of drug-likeness (QED) is 0.380. The van der Waals surface area contributed by atoms with E-state index in [1.807, 2.05) is 5.38 Å². The molecule has 2 aromatic carbocycles. The average molecular weight is 457 g/mol. The Morgan fingerprint density at radius 2 is 1.97 bits per heavy atom. The molecule has 1 amide bonds. The molecule has 0 bridgehead atoms. The number of nitrogens with zero attached hydrogens (tertiary/aromatic N) is 3. The minimum absolute atomic E-state index is 0.0545. The highest BCUT2D eigenvalue weighted by Gasteiger charge is 2.18. The second-order valence-corrected chi connectivity index (χ2v) is 7.99. The van der Waals surface area contributed by atoms with E-state index in [1.165, 1.54) is 17.4 Å². The van der Waals surface area contributed by atoms with Crippen molar-refractivity contribution < 1.29 is 9.21 Å². The second kappa shape index (κ2) is 7.24. The fourth-order valence-corrected chi connectivity index (χ4v) is 4.21. The minimum atomic E-state index is -0.737. The molecule has 30 heavy (non-hydrogen) atoms. The van der Waals surface area contributed by atoms with Crippen LogP contribution in [0.3, 0.4) is 0 Å². The third-order valence-corrected chi connectivity index (χ3v) is 5.78. The van der Waals surface area contributed by atoms with Crippen LogP contribution in [-0.2, 0) is 0 Å². The number of aromatic nitrogens is 3. The summed E-state index contributed by atoms with van der Waals surface area (Å²) in [5.74, 6) is -0.603. The maximum Gasteiger partial charge on any atom is 0.349 e. The molecule has 0 saturated heterocycles. The third kappa shape index (κ3) is 3.24. The molecular formula is C20H10Cl2N4O3S. The van der Waals surface area contributed by atoms with Crippen molar-refractivity contribution >= 4 is 62.3 Å². The Morgan fingerprint density at radius 1 is 1.13 bits per heavy atom. The van der Waals surface area contributed by atoms with Gasteiger partial charge >= 0.3 is 5.63 Å². The highest BCUT2D eigenvalue weighted by molar-refractivity contribution is 7.15. The van der Waals surface area contributed by atoms with E-state index in [9.17, 15) is 9.59 Å². The van der Waals surface area contributed by atoms with Crippen molar-refractivity contribution in [3.05, 3.63) is 79.9 Å². The topological polar surface area (TPSA) is 89.5 Å². The van der Waals surface area contributed by atoms with Gasteiger partial charge < -0.3 is 4.42 Å². The zero-order valence-corrected chi connectivity index (χ0v) is 17.3. The van der Waals surface area contributed by atoms with Gasteiger partial charge in [0.2, 0.25) is 4.96 Å². The summed E-state index contributed by atoms with van der Waals surface area (Å²) >= 11 is 13.7. The Bertz CT molecular complexity index is 1510. The van der Waals surface area contributed by atoms with Gasteiger partial charge in [-0.25, -0.2) is 9.31 Å². The molecule has 7 nitrogen and oxygen atoms in total. The summed E-state index contributed by atoms with van der Waals surface area (Å²) in [5, 5.41) is 10.4. The number of hydrogen-bond acceptors (Lipinski definition) is 6. The van der Waals surface area contributed by atoms with Crippen molar-refractivity contribution in [3.8, 4) is 11.3 Å². The molecule has 5 aromatic rings. The molecule has 5 rings (SSSR count). The number of fused-ring (bicyclic) bond motifs is 2. The Morgan fingerprint density at radius 3 is 2.83 bits per heavy atom. The first-order chi connectivity index (χ1) is 14.5. The molecule has 0 aliphatic carbocycles. The number of thiazole rings is 1. The van der Waals surface area contributed by atoms with Gasteiger partial charge in [-0.1, -0.05) is 41.4 Å². The normalized spacial score (nSPS) is 11.3. The van der Waals surface area contributed by atoms with E-state index >= 15 is 0 Å². The largest absolute Gasteiger partial charge is 0.422 e. The predicted molar refractivity (Wildman–Crippen MR) is 117 cm³/mol. The highest BCUT2D eigenvalue weighted by atomic mass is 35.5. The fraction of sp³-hybridized carbons (Fsp3) is 0. The van der Waals surface area contributed by atoms with Gasteiger partial charge in [-0.3, -0.25) is 10.1 Å². The summed E-state index contributed by atoms with van der Waals surface area (Å²) in [5.41, 5.74) is 0.903. The number of carbonyl (C=O) groups is 1. The van der Waals surface area contributed by atoms with Crippen LogP contribution in [0, 0.1) is 0 Å². The lowest BCUT2D eigenvalue weighted by Gasteiger charge is -2.03. The van der Waals surface area contributed by atoms with Crippen LogP contribution in [0.2, 0.25) is 10.0 Å². The van der Waals surface area contributed by atoms with E-state index in [1.54, 1.807) is 47.0 Å². The van der Waals surface area contributed by atoms with Crippen LogP contribution in [-0.4, -0.2) is 20.5 Å². The summed E-state index contributed by atoms with van der Waals surface area (Å²) in [7, 11) is 0. The maximum absolute atomic E-state index is 12.6. The minimum Gasteiger partial charge on any atom is -0.422 e. The number of carbonyl (C=O) groups excluding carboxylic acids is 1. The molecule has 10 heteroatoms. The van der Waals surface area contributed by atoms with Gasteiger partial charge in [0.05, 0.1) is 10.7 Å². The SMILES string of the molecule is O=C(Nc1nc2scc(-c3cc(Cl)ccc3Cl)n2n1)c1cc2ccccc2oc1=O. The lowest BCUT2D eigenvalue weighted by molar-refractivity contribution is 0.102. The number of anilines is 1. The van der Waals surface area contributed by atoms with Gasteiger partial charge in [-0.05, 0) is 30.3 Å². The molecule has 0 aliphatic heterocycles. The van der Waals surface area contributed by atoms with Crippen LogP contribution in [0.1, 0.15) is 10.4 Å². The van der Waals surface area contributed by atoms with E-state index in [0.29, 0.717) is 37.2 Å². The number of para-hydroxylation sites is 1. The van der Waals surface area contributed by atoms with Crippen LogP contribution in [0.25, 0.3) is 27.2 Å². The standard InChI is InChI=1S/C20H10Cl2N4O3S/c21-11-5-6-14(22)12(8-11)15-9-30-20-24-19(25-26(15)20)23-17(27)13-7-10-3-1-2-4-16(10)29-18(13)28/h1-9H,(H,23,25,27). The summed E-state index contributed by atoms with van der Waals surface area (Å²) in [6, 6.07) is 13.5. The molecule has 0 atom stereocenters. The van der Waals surface area contributed by atoms with Crippen molar-refractivity contribution in [2.24, 2.45) is 0 Å².